The van der Waals surface area contributed by atoms with Crippen molar-refractivity contribution >= 4 is 5.91 Å². The lowest BCUT2D eigenvalue weighted by Gasteiger charge is -2.20. The number of hydrogen-bond acceptors (Lipinski definition) is 3. The van der Waals surface area contributed by atoms with Crippen molar-refractivity contribution in [3.8, 4) is 0 Å². The first kappa shape index (κ1) is 35.1. The third-order valence-electron chi connectivity index (χ3n) is 7.27. The Morgan fingerprint density at radius 1 is 0.639 bits per heavy atom. The number of nitrogens with one attached hydrogen (secondary N) is 1. The van der Waals surface area contributed by atoms with Gasteiger partial charge < -0.3 is 15.5 Å². The fourth-order valence-corrected chi connectivity index (χ4v) is 4.76. The van der Waals surface area contributed by atoms with Crippen LogP contribution in [0.4, 0.5) is 0 Å². The summed E-state index contributed by atoms with van der Waals surface area (Å²) in [5, 5.41) is 22.7. The number of allylic oxidation sites excluding steroid dienone is 1. The van der Waals surface area contributed by atoms with Gasteiger partial charge in [-0.3, -0.25) is 4.79 Å². The largest absolute Gasteiger partial charge is 0.394 e. The molecule has 0 radical (unpaired) electrons. The number of aliphatic hydroxyl groups excluding tert-OH is 2. The van der Waals surface area contributed by atoms with Crippen molar-refractivity contribution in [2.24, 2.45) is 0 Å². The molecular formula is C32H63NO3. The van der Waals surface area contributed by atoms with Crippen LogP contribution in [0.25, 0.3) is 0 Å². The molecule has 214 valence electrons. The number of unbranched alkanes of at least 4 members (excludes halogenated alkanes) is 21. The lowest BCUT2D eigenvalue weighted by atomic mass is 10.0. The molecule has 4 heteroatoms. The van der Waals surface area contributed by atoms with Crippen molar-refractivity contribution < 1.29 is 15.0 Å². The molecule has 0 aliphatic rings. The van der Waals surface area contributed by atoms with Gasteiger partial charge in [0.1, 0.15) is 0 Å². The maximum absolute atomic E-state index is 12.2. The molecule has 0 aliphatic heterocycles. The van der Waals surface area contributed by atoms with Gasteiger partial charge in [-0.1, -0.05) is 154 Å². The highest BCUT2D eigenvalue weighted by atomic mass is 16.3. The molecule has 0 heterocycles. The summed E-state index contributed by atoms with van der Waals surface area (Å²) in [5.41, 5.74) is 0. The fraction of sp³-hybridized carbons (Fsp3) is 0.906. The van der Waals surface area contributed by atoms with Crippen LogP contribution in [0.1, 0.15) is 168 Å². The number of carbonyl (C=O) groups is 1. The van der Waals surface area contributed by atoms with Crippen LogP contribution in [0.2, 0.25) is 0 Å². The van der Waals surface area contributed by atoms with Gasteiger partial charge in [-0.2, -0.15) is 0 Å². The Hall–Kier alpha value is -0.870. The summed E-state index contributed by atoms with van der Waals surface area (Å²) in [6.07, 6.45) is 32.9. The van der Waals surface area contributed by atoms with Gasteiger partial charge in [0.2, 0.25) is 5.91 Å². The second-order valence-electron chi connectivity index (χ2n) is 10.9. The molecule has 4 nitrogen and oxygen atoms in total. The third kappa shape index (κ3) is 24.8. The highest BCUT2D eigenvalue weighted by Gasteiger charge is 2.17. The average molecular weight is 510 g/mol. The van der Waals surface area contributed by atoms with Gasteiger partial charge in [-0.05, 0) is 19.3 Å². The van der Waals surface area contributed by atoms with Gasteiger partial charge in [0, 0.05) is 6.42 Å². The van der Waals surface area contributed by atoms with E-state index in [4.69, 9.17) is 0 Å². The minimum Gasteiger partial charge on any atom is -0.394 e. The van der Waals surface area contributed by atoms with E-state index in [2.05, 4.69) is 19.2 Å². The quantitative estimate of drug-likeness (QED) is 0.0729. The predicted molar refractivity (Wildman–Crippen MR) is 156 cm³/mol. The van der Waals surface area contributed by atoms with E-state index in [0.717, 1.165) is 25.7 Å². The SMILES string of the molecule is CCCCCCCCCCCCCCCC/C=C/C(O)C(CO)NC(=O)CCCCCCCCCC. The summed E-state index contributed by atoms with van der Waals surface area (Å²) in [7, 11) is 0. The molecule has 2 atom stereocenters. The Bertz CT molecular complexity index is 480. The Morgan fingerprint density at radius 2 is 1.03 bits per heavy atom. The maximum Gasteiger partial charge on any atom is 0.220 e. The van der Waals surface area contributed by atoms with E-state index in [-0.39, 0.29) is 12.5 Å². The second kappa shape index (κ2) is 28.7. The van der Waals surface area contributed by atoms with Crippen LogP contribution >= 0.6 is 0 Å². The number of carbonyl (C=O) groups excluding carboxylic acids is 1. The van der Waals surface area contributed by atoms with Gasteiger partial charge in [0.05, 0.1) is 18.8 Å². The van der Waals surface area contributed by atoms with Gasteiger partial charge in [0.15, 0.2) is 0 Å². The van der Waals surface area contributed by atoms with Crippen molar-refractivity contribution in [1.82, 2.24) is 5.32 Å². The van der Waals surface area contributed by atoms with Crippen LogP contribution in [-0.2, 0) is 4.79 Å². The van der Waals surface area contributed by atoms with Crippen LogP contribution in [0.5, 0.6) is 0 Å². The molecule has 2 unspecified atom stereocenters. The van der Waals surface area contributed by atoms with Crippen LogP contribution in [0.15, 0.2) is 12.2 Å². The van der Waals surface area contributed by atoms with E-state index in [1.165, 1.54) is 122 Å². The molecule has 0 bridgehead atoms. The molecule has 0 aromatic rings. The van der Waals surface area contributed by atoms with Crippen LogP contribution in [-0.4, -0.2) is 34.9 Å². The van der Waals surface area contributed by atoms with Gasteiger partial charge in [-0.15, -0.1) is 0 Å². The Kier molecular flexibility index (Phi) is 28.0. The minimum atomic E-state index is -0.829. The van der Waals surface area contributed by atoms with Crippen molar-refractivity contribution in [2.75, 3.05) is 6.61 Å². The number of amides is 1. The first-order chi connectivity index (χ1) is 17.7. The van der Waals surface area contributed by atoms with Gasteiger partial charge in [-0.25, -0.2) is 0 Å². The van der Waals surface area contributed by atoms with Crippen molar-refractivity contribution in [3.05, 3.63) is 12.2 Å². The molecule has 0 aromatic heterocycles. The fourth-order valence-electron chi connectivity index (χ4n) is 4.76. The first-order valence-electron chi connectivity index (χ1n) is 15.9. The van der Waals surface area contributed by atoms with Gasteiger partial charge in [0.25, 0.3) is 0 Å². The van der Waals surface area contributed by atoms with E-state index in [1.54, 1.807) is 6.08 Å². The Morgan fingerprint density at radius 3 is 1.44 bits per heavy atom. The molecule has 0 aromatic carbocycles. The monoisotopic (exact) mass is 509 g/mol. The molecule has 0 saturated heterocycles. The van der Waals surface area contributed by atoms with E-state index < -0.39 is 12.1 Å². The van der Waals surface area contributed by atoms with E-state index in [1.807, 2.05) is 6.08 Å². The average Bonchev–Trinajstić information content (AvgIpc) is 2.88. The smallest absolute Gasteiger partial charge is 0.220 e. The molecule has 3 N–H and O–H groups in total. The number of rotatable bonds is 28. The minimum absolute atomic E-state index is 0.0699. The molecule has 1 amide bonds. The van der Waals surface area contributed by atoms with Crippen molar-refractivity contribution in [2.45, 2.75) is 180 Å². The normalized spacial score (nSPS) is 13.3. The summed E-state index contributed by atoms with van der Waals surface area (Å²) in [5.74, 6) is -0.0699. The number of aliphatic hydroxyl groups is 2. The topological polar surface area (TPSA) is 69.6 Å². The van der Waals surface area contributed by atoms with Crippen LogP contribution in [0, 0.1) is 0 Å². The molecule has 0 rings (SSSR count). The third-order valence-corrected chi connectivity index (χ3v) is 7.27. The molecule has 0 spiro atoms. The van der Waals surface area contributed by atoms with E-state index in [9.17, 15) is 15.0 Å². The summed E-state index contributed by atoms with van der Waals surface area (Å²) in [4.78, 5) is 12.2. The summed E-state index contributed by atoms with van der Waals surface area (Å²) < 4.78 is 0. The second-order valence-corrected chi connectivity index (χ2v) is 10.9. The molecular weight excluding hydrogens is 446 g/mol. The predicted octanol–water partition coefficient (Wildman–Crippen LogP) is 8.78. The summed E-state index contributed by atoms with van der Waals surface area (Å²) in [6.45, 7) is 4.26. The van der Waals surface area contributed by atoms with Crippen molar-refractivity contribution in [3.63, 3.8) is 0 Å². The molecule has 0 saturated carbocycles. The van der Waals surface area contributed by atoms with Crippen LogP contribution in [0.3, 0.4) is 0 Å². The van der Waals surface area contributed by atoms with Gasteiger partial charge >= 0.3 is 0 Å². The van der Waals surface area contributed by atoms with Crippen LogP contribution < -0.4 is 5.32 Å². The maximum atomic E-state index is 12.2. The Balaban J connectivity index is 3.62. The zero-order valence-electron chi connectivity index (χ0n) is 24.3. The number of hydrogen-bond donors (Lipinski definition) is 3. The lowest BCUT2D eigenvalue weighted by molar-refractivity contribution is -0.123. The van der Waals surface area contributed by atoms with E-state index in [0.29, 0.717) is 6.42 Å². The lowest BCUT2D eigenvalue weighted by Crippen LogP contribution is -2.45. The molecule has 36 heavy (non-hydrogen) atoms. The zero-order chi connectivity index (χ0) is 26.5. The standard InChI is InChI=1S/C32H63NO3/c1-3-5-7-9-11-13-14-15-16-17-18-19-20-21-23-25-27-31(35)30(29-34)33-32(36)28-26-24-22-12-10-8-6-4-2/h25,27,30-31,34-35H,3-24,26,28-29H2,1-2H3,(H,33,36)/b27-25+. The summed E-state index contributed by atoms with van der Waals surface area (Å²) in [6, 6.07) is -0.612. The molecule has 0 fully saturated rings. The Labute approximate surface area is 225 Å². The van der Waals surface area contributed by atoms with E-state index >= 15 is 0 Å². The first-order valence-corrected chi connectivity index (χ1v) is 15.9. The highest BCUT2D eigenvalue weighted by molar-refractivity contribution is 5.76. The van der Waals surface area contributed by atoms with Crippen molar-refractivity contribution in [1.29, 1.82) is 0 Å². The highest BCUT2D eigenvalue weighted by Crippen LogP contribution is 2.14. The molecule has 0 aliphatic carbocycles. The summed E-state index contributed by atoms with van der Waals surface area (Å²) >= 11 is 0. The zero-order valence-corrected chi connectivity index (χ0v) is 24.3.